The van der Waals surface area contributed by atoms with Crippen LogP contribution >= 0.6 is 0 Å². The van der Waals surface area contributed by atoms with Crippen molar-refractivity contribution in [3.05, 3.63) is 72.6 Å². The maximum absolute atomic E-state index is 12.5. The van der Waals surface area contributed by atoms with Crippen LogP contribution in [0.1, 0.15) is 11.6 Å². The van der Waals surface area contributed by atoms with Crippen molar-refractivity contribution in [2.75, 3.05) is 24.3 Å². The maximum Gasteiger partial charge on any atom is 0.322 e. The zero-order valence-corrected chi connectivity index (χ0v) is 18.0. The first-order valence-corrected chi connectivity index (χ1v) is 10.8. The Morgan fingerprint density at radius 1 is 0.969 bits per heavy atom. The number of aromatic nitrogens is 1. The molecule has 0 saturated heterocycles. The van der Waals surface area contributed by atoms with E-state index in [1.807, 2.05) is 0 Å². The first-order valence-electron chi connectivity index (χ1n) is 9.35. The van der Waals surface area contributed by atoms with E-state index in [9.17, 15) is 18.0 Å². The third-order valence-electron chi connectivity index (χ3n) is 4.54. The van der Waals surface area contributed by atoms with Crippen molar-refractivity contribution < 1.29 is 31.9 Å². The van der Waals surface area contributed by atoms with E-state index in [-0.39, 0.29) is 10.9 Å². The molecule has 3 rings (SSSR count). The van der Waals surface area contributed by atoms with Gasteiger partial charge in [0.2, 0.25) is 0 Å². The van der Waals surface area contributed by atoms with Crippen LogP contribution in [0.25, 0.3) is 0 Å². The summed E-state index contributed by atoms with van der Waals surface area (Å²) in [5.74, 6) is -2.83. The molecular formula is C21H21N3O7S. The van der Waals surface area contributed by atoms with Crippen molar-refractivity contribution >= 4 is 33.7 Å². The number of methoxy groups -OCH3 is 2. The van der Waals surface area contributed by atoms with Crippen molar-refractivity contribution in [2.24, 2.45) is 5.92 Å². The molecule has 0 fully saturated rings. The lowest BCUT2D eigenvalue weighted by Gasteiger charge is -2.26. The lowest BCUT2D eigenvalue weighted by molar-refractivity contribution is -0.159. The van der Waals surface area contributed by atoms with Gasteiger partial charge in [-0.05, 0) is 29.8 Å². The average molecular weight is 459 g/mol. The summed E-state index contributed by atoms with van der Waals surface area (Å²) in [5, 5.41) is 3.10. The highest BCUT2D eigenvalue weighted by Gasteiger charge is 2.38. The summed E-state index contributed by atoms with van der Waals surface area (Å²) in [6.07, 6.45) is 2.56. The van der Waals surface area contributed by atoms with Crippen molar-refractivity contribution in [3.63, 3.8) is 0 Å². The molecule has 0 aliphatic heterocycles. The van der Waals surface area contributed by atoms with Crippen LogP contribution in [0.15, 0.2) is 76.4 Å². The molecule has 2 aromatic carbocycles. The average Bonchev–Trinajstić information content (AvgIpc) is 3.31. The van der Waals surface area contributed by atoms with Crippen LogP contribution in [0, 0.1) is 5.92 Å². The number of benzene rings is 2. The summed E-state index contributed by atoms with van der Waals surface area (Å²) in [6, 6.07) is 13.6. The smallest absolute Gasteiger partial charge is 0.322 e. The Balaban J connectivity index is 1.89. The largest absolute Gasteiger partial charge is 0.468 e. The number of ether oxygens (including phenoxy) is 2. The van der Waals surface area contributed by atoms with E-state index in [0.717, 1.165) is 0 Å². The third kappa shape index (κ3) is 5.24. The van der Waals surface area contributed by atoms with Gasteiger partial charge < -0.3 is 19.2 Å². The summed E-state index contributed by atoms with van der Waals surface area (Å²) in [7, 11) is -1.55. The lowest BCUT2D eigenvalue weighted by Crippen LogP contribution is -2.35. The number of oxazole rings is 1. The Bertz CT molecular complexity index is 1130. The fraction of sp³-hybridized carbons (Fsp3) is 0.190. The summed E-state index contributed by atoms with van der Waals surface area (Å²) >= 11 is 0. The molecule has 0 bridgehead atoms. The number of esters is 2. The molecule has 2 N–H and O–H groups in total. The van der Waals surface area contributed by atoms with E-state index >= 15 is 0 Å². The minimum absolute atomic E-state index is 0.0324. The Kier molecular flexibility index (Phi) is 7.11. The number of nitrogens with zero attached hydrogens (tertiary/aromatic N) is 1. The molecule has 1 unspecified atom stereocenters. The van der Waals surface area contributed by atoms with Crippen LogP contribution in [-0.4, -0.2) is 39.6 Å². The molecule has 3 aromatic rings. The van der Waals surface area contributed by atoms with E-state index in [2.05, 4.69) is 15.0 Å². The van der Waals surface area contributed by atoms with Crippen molar-refractivity contribution in [1.82, 2.24) is 4.98 Å². The second-order valence-corrected chi connectivity index (χ2v) is 8.21. The Hall–Kier alpha value is -3.86. The van der Waals surface area contributed by atoms with Gasteiger partial charge in [0.25, 0.3) is 10.0 Å². The van der Waals surface area contributed by atoms with Crippen LogP contribution in [0.5, 0.6) is 0 Å². The fourth-order valence-electron chi connectivity index (χ4n) is 3.00. The highest BCUT2D eigenvalue weighted by atomic mass is 32.2. The predicted octanol–water partition coefficient (Wildman–Crippen LogP) is 2.59. The number of anilines is 2. The highest BCUT2D eigenvalue weighted by Crippen LogP contribution is 2.29. The molecule has 0 aliphatic carbocycles. The standard InChI is InChI=1S/C21H21N3O7S/c1-29-19(25)17(20(26)30-2)18(14-6-4-3-5-7-14)23-15-8-10-16(11-9-15)32(27,28)24-21-22-12-13-31-21/h3-13,17-18,23H,1-2H3,(H,22,24). The summed E-state index contributed by atoms with van der Waals surface area (Å²) in [6.45, 7) is 0. The third-order valence-corrected chi connectivity index (χ3v) is 5.88. The number of hydrogen-bond donors (Lipinski definition) is 2. The Morgan fingerprint density at radius 3 is 2.12 bits per heavy atom. The minimum Gasteiger partial charge on any atom is -0.468 e. The predicted molar refractivity (Wildman–Crippen MR) is 114 cm³/mol. The quantitative estimate of drug-likeness (QED) is 0.365. The molecule has 0 spiro atoms. The Morgan fingerprint density at radius 2 is 1.59 bits per heavy atom. The summed E-state index contributed by atoms with van der Waals surface area (Å²) < 4.78 is 41.7. The Labute approximate surface area is 184 Å². The zero-order valence-electron chi connectivity index (χ0n) is 17.2. The normalized spacial score (nSPS) is 12.1. The van der Waals surface area contributed by atoms with E-state index in [1.165, 1.54) is 50.9 Å². The van der Waals surface area contributed by atoms with Gasteiger partial charge in [0.05, 0.1) is 31.4 Å². The SMILES string of the molecule is COC(=O)C(C(=O)OC)C(Nc1ccc(S(=O)(=O)Nc2ncco2)cc1)c1ccccc1. The maximum atomic E-state index is 12.5. The van der Waals surface area contributed by atoms with Crippen molar-refractivity contribution in [1.29, 1.82) is 0 Å². The molecule has 32 heavy (non-hydrogen) atoms. The molecule has 1 aromatic heterocycles. The van der Waals surface area contributed by atoms with Gasteiger partial charge in [-0.25, -0.2) is 18.1 Å². The summed E-state index contributed by atoms with van der Waals surface area (Å²) in [5.41, 5.74) is 1.10. The molecule has 0 radical (unpaired) electrons. The molecule has 1 heterocycles. The molecule has 168 valence electrons. The van der Waals surface area contributed by atoms with Crippen LogP contribution in [0.4, 0.5) is 11.7 Å². The number of sulfonamides is 1. The first kappa shape index (κ1) is 22.8. The molecule has 1 atom stereocenters. The number of nitrogens with one attached hydrogen (secondary N) is 2. The molecule has 0 saturated carbocycles. The van der Waals surface area contributed by atoms with Crippen LogP contribution in [0.2, 0.25) is 0 Å². The fourth-order valence-corrected chi connectivity index (χ4v) is 3.94. The monoisotopic (exact) mass is 459 g/mol. The van der Waals surface area contributed by atoms with Gasteiger partial charge in [-0.15, -0.1) is 0 Å². The van der Waals surface area contributed by atoms with Gasteiger partial charge in [0, 0.05) is 5.69 Å². The number of carbonyl (C=O) groups excluding carboxylic acids is 2. The van der Waals surface area contributed by atoms with Crippen LogP contribution in [0.3, 0.4) is 0 Å². The topological polar surface area (TPSA) is 137 Å². The van der Waals surface area contributed by atoms with Gasteiger partial charge in [-0.1, -0.05) is 30.3 Å². The van der Waals surface area contributed by atoms with Gasteiger partial charge in [-0.3, -0.25) is 9.59 Å². The van der Waals surface area contributed by atoms with E-state index in [4.69, 9.17) is 13.9 Å². The second-order valence-electron chi connectivity index (χ2n) is 6.52. The van der Waals surface area contributed by atoms with Gasteiger partial charge in [-0.2, -0.15) is 0 Å². The van der Waals surface area contributed by atoms with Crippen LogP contribution in [-0.2, 0) is 29.1 Å². The first-order chi connectivity index (χ1) is 15.4. The lowest BCUT2D eigenvalue weighted by atomic mass is 9.92. The number of carbonyl (C=O) groups is 2. The molecule has 0 aliphatic rings. The molecule has 0 amide bonds. The van der Waals surface area contributed by atoms with Crippen molar-refractivity contribution in [3.8, 4) is 0 Å². The van der Waals surface area contributed by atoms with Crippen LogP contribution < -0.4 is 10.0 Å². The van der Waals surface area contributed by atoms with Gasteiger partial charge in [0.15, 0.2) is 5.92 Å². The summed E-state index contributed by atoms with van der Waals surface area (Å²) in [4.78, 5) is 28.5. The molecule has 11 heteroatoms. The van der Waals surface area contributed by atoms with Gasteiger partial charge >= 0.3 is 18.0 Å². The van der Waals surface area contributed by atoms with E-state index in [1.54, 1.807) is 30.3 Å². The highest BCUT2D eigenvalue weighted by molar-refractivity contribution is 7.92. The van der Waals surface area contributed by atoms with Gasteiger partial charge in [0.1, 0.15) is 6.26 Å². The van der Waals surface area contributed by atoms with E-state index in [0.29, 0.717) is 11.3 Å². The molecule has 10 nitrogen and oxygen atoms in total. The molecular weight excluding hydrogens is 438 g/mol. The van der Waals surface area contributed by atoms with E-state index < -0.39 is 33.9 Å². The second kappa shape index (κ2) is 9.96. The van der Waals surface area contributed by atoms with Crippen molar-refractivity contribution in [2.45, 2.75) is 10.9 Å². The number of hydrogen-bond acceptors (Lipinski definition) is 9. The zero-order chi connectivity index (χ0) is 23.1. The minimum atomic E-state index is -3.91. The number of rotatable bonds is 9.